The van der Waals surface area contributed by atoms with Crippen molar-refractivity contribution in [2.24, 2.45) is 5.14 Å². The van der Waals surface area contributed by atoms with Crippen LogP contribution in [-0.2, 0) is 16.8 Å². The molecule has 1 aromatic rings. The van der Waals surface area contributed by atoms with Gasteiger partial charge in [0.1, 0.15) is 0 Å². The van der Waals surface area contributed by atoms with E-state index in [-0.39, 0.29) is 6.54 Å². The Bertz CT molecular complexity index is 481. The van der Waals surface area contributed by atoms with Crippen molar-refractivity contribution >= 4 is 16.3 Å². The van der Waals surface area contributed by atoms with Gasteiger partial charge in [0.05, 0.1) is 12.2 Å². The zero-order valence-corrected chi connectivity index (χ0v) is 8.11. The zero-order valence-electron chi connectivity index (χ0n) is 7.29. The van der Waals surface area contributed by atoms with E-state index in [2.05, 4.69) is 4.98 Å². The lowest BCUT2D eigenvalue weighted by molar-refractivity contribution is 0.494. The second-order valence-corrected chi connectivity index (χ2v) is 4.45. The first kappa shape index (κ1) is 9.17. The van der Waals surface area contributed by atoms with Crippen LogP contribution in [0.25, 0.3) is 6.08 Å². The summed E-state index contributed by atoms with van der Waals surface area (Å²) in [5.74, 6) is 0. The molecule has 5 nitrogen and oxygen atoms in total. The maximum absolute atomic E-state index is 11.0. The van der Waals surface area contributed by atoms with Crippen molar-refractivity contribution in [3.63, 3.8) is 0 Å². The maximum atomic E-state index is 11.0. The smallest absolute Gasteiger partial charge is 0.260 e. The van der Waals surface area contributed by atoms with E-state index in [0.29, 0.717) is 0 Å². The van der Waals surface area contributed by atoms with Crippen LogP contribution in [0.2, 0.25) is 0 Å². The number of rotatable bonds is 1. The molecule has 0 unspecified atom stereocenters. The third kappa shape index (κ3) is 1.61. The third-order valence-corrected chi connectivity index (χ3v) is 2.88. The summed E-state index contributed by atoms with van der Waals surface area (Å²) < 4.78 is 23.1. The summed E-state index contributed by atoms with van der Waals surface area (Å²) in [6.45, 7) is 0.249. The second-order valence-electron chi connectivity index (χ2n) is 2.95. The minimum atomic E-state index is -3.65. The van der Waals surface area contributed by atoms with Gasteiger partial charge in [-0.05, 0) is 17.7 Å². The first-order valence-electron chi connectivity index (χ1n) is 3.99. The summed E-state index contributed by atoms with van der Waals surface area (Å²) in [4.78, 5) is 4.09. The van der Waals surface area contributed by atoms with Gasteiger partial charge < -0.3 is 0 Å². The Balaban J connectivity index is 2.40. The number of hydrogen-bond donors (Lipinski definition) is 1. The Labute approximate surface area is 82.0 Å². The lowest BCUT2D eigenvalue weighted by Crippen LogP contribution is -2.33. The molecule has 1 aliphatic rings. The molecule has 1 aromatic heterocycles. The zero-order chi connectivity index (χ0) is 10.2. The molecule has 0 saturated heterocycles. The summed E-state index contributed by atoms with van der Waals surface area (Å²) in [5, 5.41) is 4.99. The Morgan fingerprint density at radius 2 is 2.29 bits per heavy atom. The largest absolute Gasteiger partial charge is 0.298 e. The van der Waals surface area contributed by atoms with Crippen LogP contribution in [0.4, 0.5) is 0 Å². The molecule has 2 N–H and O–H groups in total. The highest BCUT2D eigenvalue weighted by atomic mass is 32.2. The normalized spacial score (nSPS) is 15.4. The molecule has 1 aliphatic heterocycles. The molecule has 2 rings (SSSR count). The highest BCUT2D eigenvalue weighted by molar-refractivity contribution is 7.86. The van der Waals surface area contributed by atoms with E-state index in [4.69, 9.17) is 5.14 Å². The molecule has 14 heavy (non-hydrogen) atoms. The summed E-state index contributed by atoms with van der Waals surface area (Å²) in [5.41, 5.74) is 1.64. The van der Waals surface area contributed by atoms with Gasteiger partial charge in [-0.3, -0.25) is 9.29 Å². The van der Waals surface area contributed by atoms with E-state index >= 15 is 0 Å². The van der Waals surface area contributed by atoms with Crippen molar-refractivity contribution in [2.75, 3.05) is 0 Å². The molecular weight excluding hydrogens is 202 g/mol. The molecule has 2 heterocycles. The van der Waals surface area contributed by atoms with Crippen LogP contribution in [0.1, 0.15) is 11.3 Å². The van der Waals surface area contributed by atoms with Crippen LogP contribution < -0.4 is 5.14 Å². The van der Waals surface area contributed by atoms with Gasteiger partial charge in [0, 0.05) is 12.4 Å². The lowest BCUT2D eigenvalue weighted by atomic mass is 10.1. The standard InChI is InChI=1S/C8H9N3O2S/c9-14(12,13)11-5-3-8-7(6-11)2-1-4-10-8/h1-5H,6H2,(H2,9,12,13). The number of hydrogen-bond acceptors (Lipinski definition) is 3. The van der Waals surface area contributed by atoms with Crippen LogP contribution in [0.15, 0.2) is 24.5 Å². The maximum Gasteiger partial charge on any atom is 0.298 e. The van der Waals surface area contributed by atoms with Gasteiger partial charge in [-0.2, -0.15) is 8.42 Å². The van der Waals surface area contributed by atoms with Gasteiger partial charge in [0.2, 0.25) is 0 Å². The molecule has 6 heteroatoms. The molecule has 0 amide bonds. The fraction of sp³-hybridized carbons (Fsp3) is 0.125. The molecule has 0 atom stereocenters. The van der Waals surface area contributed by atoms with E-state index in [1.165, 1.54) is 6.20 Å². The van der Waals surface area contributed by atoms with Crippen LogP contribution >= 0.6 is 0 Å². The molecular formula is C8H9N3O2S. The Hall–Kier alpha value is -1.40. The fourth-order valence-corrected chi connectivity index (χ4v) is 1.83. The molecule has 0 aromatic carbocycles. The molecule has 0 bridgehead atoms. The minimum Gasteiger partial charge on any atom is -0.260 e. The molecule has 0 radical (unpaired) electrons. The molecule has 0 aliphatic carbocycles. The molecule has 0 saturated carbocycles. The Morgan fingerprint density at radius 1 is 1.50 bits per heavy atom. The van der Waals surface area contributed by atoms with E-state index in [0.717, 1.165) is 15.6 Å². The SMILES string of the molecule is NS(=O)(=O)N1C=Cc2ncccc2C1. The van der Waals surface area contributed by atoms with E-state index < -0.39 is 10.2 Å². The molecule has 74 valence electrons. The van der Waals surface area contributed by atoms with Crippen molar-refractivity contribution in [2.45, 2.75) is 6.54 Å². The van der Waals surface area contributed by atoms with Gasteiger partial charge in [-0.1, -0.05) is 6.07 Å². The number of fused-ring (bicyclic) bond motifs is 1. The van der Waals surface area contributed by atoms with E-state index in [9.17, 15) is 8.42 Å². The monoisotopic (exact) mass is 211 g/mol. The quantitative estimate of drug-likeness (QED) is 0.714. The predicted molar refractivity (Wildman–Crippen MR) is 51.9 cm³/mol. The summed E-state index contributed by atoms with van der Waals surface area (Å²) in [6, 6.07) is 3.59. The van der Waals surface area contributed by atoms with Crippen LogP contribution in [0, 0.1) is 0 Å². The second kappa shape index (κ2) is 3.07. The first-order chi connectivity index (χ1) is 6.57. The summed E-state index contributed by atoms with van der Waals surface area (Å²) >= 11 is 0. The van der Waals surface area contributed by atoms with Crippen LogP contribution in [-0.4, -0.2) is 17.7 Å². The average molecular weight is 211 g/mol. The fourth-order valence-electron chi connectivity index (χ4n) is 1.28. The first-order valence-corrected chi connectivity index (χ1v) is 5.49. The third-order valence-electron chi connectivity index (χ3n) is 1.98. The van der Waals surface area contributed by atoms with Crippen molar-refractivity contribution in [1.82, 2.24) is 9.29 Å². The predicted octanol–water partition coefficient (Wildman–Crippen LogP) is 0.0714. The van der Waals surface area contributed by atoms with Crippen molar-refractivity contribution in [3.05, 3.63) is 35.8 Å². The molecule has 0 fully saturated rings. The number of aromatic nitrogens is 1. The summed E-state index contributed by atoms with van der Waals surface area (Å²) in [6.07, 6.45) is 4.71. The molecule has 0 spiro atoms. The summed E-state index contributed by atoms with van der Waals surface area (Å²) in [7, 11) is -3.65. The highest BCUT2D eigenvalue weighted by Crippen LogP contribution is 2.17. The number of nitrogens with zero attached hydrogens (tertiary/aromatic N) is 2. The lowest BCUT2D eigenvalue weighted by Gasteiger charge is -2.21. The van der Waals surface area contributed by atoms with Gasteiger partial charge in [0.25, 0.3) is 10.2 Å². The van der Waals surface area contributed by atoms with E-state index in [1.54, 1.807) is 18.3 Å². The average Bonchev–Trinajstić information content (AvgIpc) is 2.16. The Morgan fingerprint density at radius 3 is 3.00 bits per heavy atom. The Kier molecular flexibility index (Phi) is 2.01. The van der Waals surface area contributed by atoms with Crippen molar-refractivity contribution in [1.29, 1.82) is 0 Å². The number of nitrogens with two attached hydrogens (primary N) is 1. The van der Waals surface area contributed by atoms with Gasteiger partial charge in [0.15, 0.2) is 0 Å². The van der Waals surface area contributed by atoms with Gasteiger partial charge in [-0.15, -0.1) is 0 Å². The van der Waals surface area contributed by atoms with Gasteiger partial charge >= 0.3 is 0 Å². The van der Waals surface area contributed by atoms with Crippen LogP contribution in [0.3, 0.4) is 0 Å². The van der Waals surface area contributed by atoms with Gasteiger partial charge in [-0.25, -0.2) is 5.14 Å². The van der Waals surface area contributed by atoms with Crippen molar-refractivity contribution in [3.8, 4) is 0 Å². The van der Waals surface area contributed by atoms with Crippen molar-refractivity contribution < 1.29 is 8.42 Å². The van der Waals surface area contributed by atoms with Crippen LogP contribution in [0.5, 0.6) is 0 Å². The highest BCUT2D eigenvalue weighted by Gasteiger charge is 2.18. The minimum absolute atomic E-state index is 0.249. The topological polar surface area (TPSA) is 76.3 Å². The number of pyridine rings is 1. The van der Waals surface area contributed by atoms with E-state index in [1.807, 2.05) is 6.07 Å².